The van der Waals surface area contributed by atoms with Gasteiger partial charge in [0.15, 0.2) is 0 Å². The summed E-state index contributed by atoms with van der Waals surface area (Å²) in [5, 5.41) is 10.5. The molecular formula is C9H7NO6S. The van der Waals surface area contributed by atoms with Gasteiger partial charge in [-0.05, 0) is 12.1 Å². The number of amides is 1. The lowest BCUT2D eigenvalue weighted by molar-refractivity contribution is 0.0686. The first kappa shape index (κ1) is 13.1. The van der Waals surface area contributed by atoms with Crippen LogP contribution in [0.5, 0.6) is 0 Å². The van der Waals surface area contributed by atoms with Crippen molar-refractivity contribution in [2.24, 2.45) is 0 Å². The summed E-state index contributed by atoms with van der Waals surface area (Å²) < 4.78 is 30.7. The fourth-order valence-electron chi connectivity index (χ4n) is 1.23. The minimum absolute atomic E-state index is 0.463. The molecule has 1 aromatic rings. The fourth-order valence-corrected chi connectivity index (χ4v) is 1.94. The average molecular weight is 257 g/mol. The Kier molecular flexibility index (Phi) is 3.49. The van der Waals surface area contributed by atoms with Crippen molar-refractivity contribution >= 4 is 22.0 Å². The lowest BCUT2D eigenvalue weighted by Gasteiger charge is -2.07. The Morgan fingerprint density at radius 1 is 1.29 bits per heavy atom. The number of carbonyl (C=O) groups excluding carboxylic acids is 1. The first-order chi connectivity index (χ1) is 7.79. The topological polar surface area (TPSA) is 121 Å². The highest BCUT2D eigenvalue weighted by Crippen LogP contribution is 2.19. The number of carbonyl (C=O) groups is 2. The second-order valence-corrected chi connectivity index (χ2v) is 4.32. The van der Waals surface area contributed by atoms with E-state index in [2.05, 4.69) is 0 Å². The number of aromatic carboxylic acids is 1. The van der Waals surface area contributed by atoms with Crippen molar-refractivity contribution < 1.29 is 27.7 Å². The van der Waals surface area contributed by atoms with Gasteiger partial charge in [0.05, 0.1) is 18.2 Å². The van der Waals surface area contributed by atoms with Crippen molar-refractivity contribution in [3.8, 4) is 0 Å². The van der Waals surface area contributed by atoms with E-state index in [1.807, 2.05) is 0 Å². The van der Waals surface area contributed by atoms with E-state index >= 15 is 0 Å². The van der Waals surface area contributed by atoms with Crippen molar-refractivity contribution in [2.45, 2.75) is 4.90 Å². The van der Waals surface area contributed by atoms with Crippen LogP contribution in [-0.2, 0) is 10.1 Å². The van der Waals surface area contributed by atoms with E-state index in [0.29, 0.717) is 0 Å². The zero-order valence-corrected chi connectivity index (χ0v) is 9.06. The van der Waals surface area contributed by atoms with Gasteiger partial charge in [-0.15, -0.1) is 0 Å². The van der Waals surface area contributed by atoms with Crippen LogP contribution >= 0.6 is 0 Å². The van der Waals surface area contributed by atoms with E-state index in [9.17, 15) is 18.0 Å². The Hall–Kier alpha value is -1.93. The summed E-state index contributed by atoms with van der Waals surface area (Å²) in [4.78, 5) is 21.3. The Labute approximate surface area is 96.8 Å². The van der Waals surface area contributed by atoms with E-state index in [4.69, 9.17) is 16.7 Å². The van der Waals surface area contributed by atoms with Crippen LogP contribution in [0.1, 0.15) is 20.7 Å². The van der Waals surface area contributed by atoms with Crippen molar-refractivity contribution in [3.05, 3.63) is 36.4 Å². The Morgan fingerprint density at radius 3 is 2.29 bits per heavy atom. The van der Waals surface area contributed by atoms with E-state index in [1.54, 1.807) is 5.32 Å². The molecule has 1 amide bonds. The Balaban J connectivity index is 3.66. The molecule has 0 aromatic heterocycles. The van der Waals surface area contributed by atoms with Gasteiger partial charge in [0, 0.05) is 0 Å². The van der Waals surface area contributed by atoms with Crippen LogP contribution < -0.4 is 5.32 Å². The minimum atomic E-state index is -4.74. The number of carboxylic acid groups (broad SMARTS) is 1. The maximum Gasteiger partial charge on any atom is 0.337 e. The molecule has 90 valence electrons. The van der Waals surface area contributed by atoms with Gasteiger partial charge in [0.25, 0.3) is 16.0 Å². The lowest BCUT2D eigenvalue weighted by Crippen LogP contribution is -2.21. The molecule has 0 saturated carbocycles. The Bertz CT molecular complexity index is 577. The van der Waals surface area contributed by atoms with Crippen LogP contribution in [0.3, 0.4) is 0 Å². The third-order valence-electron chi connectivity index (χ3n) is 1.89. The summed E-state index contributed by atoms with van der Waals surface area (Å²) in [7, 11) is 0.0834. The van der Waals surface area contributed by atoms with Crippen molar-refractivity contribution in [1.82, 2.24) is 5.32 Å². The molecule has 1 aromatic carbocycles. The fraction of sp³-hybridized carbons (Fsp3) is 0. The van der Waals surface area contributed by atoms with E-state index in [1.165, 1.54) is 0 Å². The highest BCUT2D eigenvalue weighted by atomic mass is 32.2. The molecule has 0 bridgehead atoms. The summed E-state index contributed by atoms with van der Waals surface area (Å²) >= 11 is 0. The molecule has 7 nitrogen and oxygen atoms in total. The summed E-state index contributed by atoms with van der Waals surface area (Å²) in [5.74, 6) is -2.65. The molecule has 0 saturated heterocycles. The van der Waals surface area contributed by atoms with Crippen LogP contribution in [0.25, 0.3) is 0 Å². The number of carboxylic acids is 1. The molecule has 17 heavy (non-hydrogen) atoms. The van der Waals surface area contributed by atoms with Crippen molar-refractivity contribution in [1.29, 1.82) is 0 Å². The van der Waals surface area contributed by atoms with E-state index in [-0.39, 0.29) is 0 Å². The summed E-state index contributed by atoms with van der Waals surface area (Å²) in [6.45, 7) is 0. The first-order valence-electron chi connectivity index (χ1n) is 4.13. The van der Waals surface area contributed by atoms with Crippen LogP contribution in [0.2, 0.25) is 0 Å². The van der Waals surface area contributed by atoms with Gasteiger partial charge in [-0.2, -0.15) is 8.42 Å². The molecule has 2 radical (unpaired) electrons. The number of rotatable bonds is 3. The smallest absolute Gasteiger partial charge is 0.337 e. The summed E-state index contributed by atoms with van der Waals surface area (Å²) in [6.07, 6.45) is 0. The van der Waals surface area contributed by atoms with Gasteiger partial charge in [0.1, 0.15) is 4.90 Å². The van der Waals surface area contributed by atoms with Gasteiger partial charge in [-0.25, -0.2) is 4.79 Å². The zero-order valence-electron chi connectivity index (χ0n) is 8.25. The average Bonchev–Trinajstić information content (AvgIpc) is 2.25. The predicted octanol–water partition coefficient (Wildman–Crippen LogP) is 0.0299. The molecule has 0 aliphatic heterocycles. The van der Waals surface area contributed by atoms with Crippen LogP contribution in [-0.4, -0.2) is 30.0 Å². The van der Waals surface area contributed by atoms with Gasteiger partial charge >= 0.3 is 5.97 Å². The summed E-state index contributed by atoms with van der Waals surface area (Å²) in [6, 6.07) is 3.05. The number of nitrogens with one attached hydrogen (secondary N) is 1. The molecule has 0 fully saturated rings. The quantitative estimate of drug-likeness (QED) is 0.519. The molecule has 0 atom stereocenters. The molecule has 0 heterocycles. The predicted molar refractivity (Wildman–Crippen MR) is 55.0 cm³/mol. The minimum Gasteiger partial charge on any atom is -0.478 e. The Morgan fingerprint density at radius 2 is 1.88 bits per heavy atom. The molecular weight excluding hydrogens is 250 g/mol. The van der Waals surface area contributed by atoms with Gasteiger partial charge in [-0.1, -0.05) is 6.07 Å². The lowest BCUT2D eigenvalue weighted by atomic mass is 10.1. The second kappa shape index (κ2) is 4.52. The molecule has 0 aliphatic carbocycles. The standard InChI is InChI=1S/C9H7NO6S/c1-10-8(11)5-3-2-4-6(17(14,15)16)7(5)9(12)13/h1-4H,(H,10,11)(H,12,13)(H,14,15,16). The van der Waals surface area contributed by atoms with Gasteiger partial charge < -0.3 is 10.4 Å². The molecule has 0 aliphatic rings. The van der Waals surface area contributed by atoms with Gasteiger partial charge in [0.2, 0.25) is 0 Å². The van der Waals surface area contributed by atoms with Crippen LogP contribution in [0.4, 0.5) is 0 Å². The SMILES string of the molecule is [CH]NC(=O)c1cccc(S(=O)(=O)O)c1C(=O)O. The number of hydrogen-bond acceptors (Lipinski definition) is 4. The monoisotopic (exact) mass is 257 g/mol. The molecule has 1 rings (SSSR count). The van der Waals surface area contributed by atoms with Crippen LogP contribution in [0, 0.1) is 7.05 Å². The summed E-state index contributed by atoms with van der Waals surface area (Å²) in [5.41, 5.74) is -1.30. The molecule has 0 spiro atoms. The molecule has 3 N–H and O–H groups in total. The maximum absolute atomic E-state index is 11.2. The second-order valence-electron chi connectivity index (χ2n) is 2.93. The maximum atomic E-state index is 11.2. The highest BCUT2D eigenvalue weighted by Gasteiger charge is 2.25. The highest BCUT2D eigenvalue weighted by molar-refractivity contribution is 7.86. The first-order valence-corrected chi connectivity index (χ1v) is 5.57. The van der Waals surface area contributed by atoms with E-state index in [0.717, 1.165) is 18.2 Å². The normalized spacial score (nSPS) is 10.9. The largest absolute Gasteiger partial charge is 0.478 e. The molecule has 8 heteroatoms. The third kappa shape index (κ3) is 2.60. The zero-order chi connectivity index (χ0) is 13.2. The van der Waals surface area contributed by atoms with Crippen molar-refractivity contribution in [2.75, 3.05) is 0 Å². The molecule has 0 unspecified atom stereocenters. The number of benzene rings is 1. The van der Waals surface area contributed by atoms with E-state index < -0.39 is 38.0 Å². The van der Waals surface area contributed by atoms with Gasteiger partial charge in [-0.3, -0.25) is 9.35 Å². The number of hydrogen-bond donors (Lipinski definition) is 3. The van der Waals surface area contributed by atoms with Crippen LogP contribution in [0.15, 0.2) is 23.1 Å². The third-order valence-corrected chi connectivity index (χ3v) is 2.79. The van der Waals surface area contributed by atoms with Crippen molar-refractivity contribution in [3.63, 3.8) is 0 Å².